The Labute approximate surface area is 161 Å². The summed E-state index contributed by atoms with van der Waals surface area (Å²) in [7, 11) is 1.08. The van der Waals surface area contributed by atoms with Crippen molar-refractivity contribution >= 4 is 28.6 Å². The average molecular weight is 408 g/mol. The maximum Gasteiger partial charge on any atom is 0.405 e. The van der Waals surface area contributed by atoms with E-state index in [1.807, 2.05) is 0 Å². The first kappa shape index (κ1) is 20.0. The molecule has 0 aliphatic carbocycles. The number of nitrogens with two attached hydrogens (primary N) is 1. The number of methoxy groups -OCH3 is 1. The second kappa shape index (κ2) is 7.37. The van der Waals surface area contributed by atoms with E-state index in [9.17, 15) is 22.8 Å². The Kier molecular flexibility index (Phi) is 5.10. The second-order valence-corrected chi connectivity index (χ2v) is 5.97. The predicted molar refractivity (Wildman–Crippen MR) is 98.0 cm³/mol. The highest BCUT2D eigenvalue weighted by atomic mass is 19.4. The Bertz CT molecular complexity index is 1140. The van der Waals surface area contributed by atoms with Crippen molar-refractivity contribution in [2.75, 3.05) is 24.7 Å². The van der Waals surface area contributed by atoms with E-state index in [1.165, 1.54) is 12.3 Å². The number of carbonyl (C=O) groups is 1. The third-order valence-electron chi connectivity index (χ3n) is 3.92. The van der Waals surface area contributed by atoms with E-state index < -0.39 is 29.8 Å². The fourth-order valence-electron chi connectivity index (χ4n) is 2.57. The van der Waals surface area contributed by atoms with Crippen LogP contribution in [0.4, 0.5) is 24.7 Å². The monoisotopic (exact) mass is 408 g/mol. The molecule has 12 heteroatoms. The third-order valence-corrected chi connectivity index (χ3v) is 3.92. The van der Waals surface area contributed by atoms with Gasteiger partial charge in [-0.25, -0.2) is 14.8 Å². The number of aryl methyl sites for hydroxylation is 1. The highest BCUT2D eigenvalue weighted by molar-refractivity contribution is 6.02. The number of rotatable bonds is 4. The van der Waals surface area contributed by atoms with Crippen LogP contribution in [0.5, 0.6) is 0 Å². The van der Waals surface area contributed by atoms with Crippen LogP contribution >= 0.6 is 0 Å². The lowest BCUT2D eigenvalue weighted by molar-refractivity contribution is -0.115. The number of hydrogen-bond acceptors (Lipinski definition) is 8. The van der Waals surface area contributed by atoms with Crippen LogP contribution in [0.3, 0.4) is 0 Å². The maximum absolute atomic E-state index is 13.0. The highest BCUT2D eigenvalue weighted by Crippen LogP contribution is 2.24. The molecule has 0 saturated heterocycles. The number of nitrogens with one attached hydrogen (secondary N) is 1. The van der Waals surface area contributed by atoms with E-state index in [0.29, 0.717) is 5.69 Å². The quantitative estimate of drug-likeness (QED) is 0.627. The molecule has 3 heterocycles. The zero-order chi connectivity index (χ0) is 21.3. The van der Waals surface area contributed by atoms with E-state index >= 15 is 0 Å². The van der Waals surface area contributed by atoms with Crippen LogP contribution in [-0.4, -0.2) is 45.3 Å². The van der Waals surface area contributed by atoms with E-state index in [-0.39, 0.29) is 28.4 Å². The number of nitrogen functional groups attached to an aromatic ring is 1. The SMILES string of the molecule is COC(=O)c1c(N)c2ncc(NCC(F)(F)F)nc2n(-c2ccc(C)nc2)c1=O. The van der Waals surface area contributed by atoms with Crippen molar-refractivity contribution < 1.29 is 22.7 Å². The zero-order valence-corrected chi connectivity index (χ0v) is 15.2. The fraction of sp³-hybridized carbons (Fsp3) is 0.235. The molecule has 0 radical (unpaired) electrons. The largest absolute Gasteiger partial charge is 0.465 e. The number of hydrogen-bond donors (Lipinski definition) is 2. The topological polar surface area (TPSA) is 125 Å². The number of anilines is 2. The molecule has 9 nitrogen and oxygen atoms in total. The lowest BCUT2D eigenvalue weighted by atomic mass is 10.2. The minimum Gasteiger partial charge on any atom is -0.465 e. The molecule has 0 aliphatic rings. The van der Waals surface area contributed by atoms with Crippen molar-refractivity contribution in [1.29, 1.82) is 0 Å². The molecule has 0 bridgehead atoms. The molecule has 0 aliphatic heterocycles. The van der Waals surface area contributed by atoms with Gasteiger partial charge in [-0.2, -0.15) is 13.2 Å². The van der Waals surface area contributed by atoms with Crippen molar-refractivity contribution in [3.63, 3.8) is 0 Å². The number of nitrogens with zero attached hydrogens (tertiary/aromatic N) is 4. The molecule has 29 heavy (non-hydrogen) atoms. The molecular weight excluding hydrogens is 393 g/mol. The van der Waals surface area contributed by atoms with Gasteiger partial charge in [-0.15, -0.1) is 0 Å². The first-order chi connectivity index (χ1) is 13.6. The van der Waals surface area contributed by atoms with Crippen molar-refractivity contribution in [3.05, 3.63) is 46.1 Å². The Morgan fingerprint density at radius 3 is 2.59 bits per heavy atom. The van der Waals surface area contributed by atoms with Gasteiger partial charge in [-0.1, -0.05) is 0 Å². The molecule has 0 saturated carbocycles. The van der Waals surface area contributed by atoms with Crippen LogP contribution in [0, 0.1) is 6.92 Å². The van der Waals surface area contributed by atoms with E-state index in [0.717, 1.165) is 17.9 Å². The number of esters is 1. The summed E-state index contributed by atoms with van der Waals surface area (Å²) >= 11 is 0. The van der Waals surface area contributed by atoms with Crippen LogP contribution in [0.2, 0.25) is 0 Å². The number of aromatic nitrogens is 4. The van der Waals surface area contributed by atoms with Crippen molar-refractivity contribution in [1.82, 2.24) is 19.5 Å². The molecule has 3 aromatic heterocycles. The Morgan fingerprint density at radius 1 is 1.28 bits per heavy atom. The average Bonchev–Trinajstić information content (AvgIpc) is 2.67. The Hall–Kier alpha value is -3.70. The van der Waals surface area contributed by atoms with Gasteiger partial charge in [0.15, 0.2) is 11.2 Å². The lowest BCUT2D eigenvalue weighted by Gasteiger charge is -2.15. The second-order valence-electron chi connectivity index (χ2n) is 5.97. The van der Waals surface area contributed by atoms with Gasteiger partial charge in [0.05, 0.1) is 30.9 Å². The summed E-state index contributed by atoms with van der Waals surface area (Å²) in [5, 5.41) is 2.09. The Balaban J connectivity index is 2.31. The zero-order valence-electron chi connectivity index (χ0n) is 15.2. The number of ether oxygens (including phenoxy) is 1. The Morgan fingerprint density at radius 2 is 2.00 bits per heavy atom. The van der Waals surface area contributed by atoms with Gasteiger partial charge in [0.25, 0.3) is 5.56 Å². The summed E-state index contributed by atoms with van der Waals surface area (Å²) < 4.78 is 43.1. The number of carbonyl (C=O) groups excluding carboxylic acids is 1. The van der Waals surface area contributed by atoms with E-state index in [2.05, 4.69) is 25.0 Å². The molecule has 0 fully saturated rings. The van der Waals surface area contributed by atoms with Crippen LogP contribution in [0.25, 0.3) is 16.9 Å². The van der Waals surface area contributed by atoms with Gasteiger partial charge in [-0.05, 0) is 19.1 Å². The lowest BCUT2D eigenvalue weighted by Crippen LogP contribution is -2.29. The maximum atomic E-state index is 13.0. The summed E-state index contributed by atoms with van der Waals surface area (Å²) in [6.45, 7) is 0.381. The molecule has 0 atom stereocenters. The van der Waals surface area contributed by atoms with E-state index in [4.69, 9.17) is 5.73 Å². The summed E-state index contributed by atoms with van der Waals surface area (Å²) in [5.41, 5.74) is 4.99. The van der Waals surface area contributed by atoms with Crippen LogP contribution in [-0.2, 0) is 4.74 Å². The smallest absolute Gasteiger partial charge is 0.405 e. The number of halogens is 3. The summed E-state index contributed by atoms with van der Waals surface area (Å²) in [4.78, 5) is 37.2. The van der Waals surface area contributed by atoms with Crippen molar-refractivity contribution in [2.24, 2.45) is 0 Å². The fourth-order valence-corrected chi connectivity index (χ4v) is 2.57. The summed E-state index contributed by atoms with van der Waals surface area (Å²) in [5.74, 6) is -1.21. The molecule has 3 rings (SSSR count). The molecular formula is C17H15F3N6O3. The normalized spacial score (nSPS) is 11.5. The molecule has 3 N–H and O–H groups in total. The predicted octanol–water partition coefficient (Wildman–Crippen LogP) is 1.83. The van der Waals surface area contributed by atoms with E-state index in [1.54, 1.807) is 13.0 Å². The molecule has 152 valence electrons. The van der Waals surface area contributed by atoms with Gasteiger partial charge < -0.3 is 15.8 Å². The van der Waals surface area contributed by atoms with Crippen LogP contribution < -0.4 is 16.6 Å². The van der Waals surface area contributed by atoms with Gasteiger partial charge in [0, 0.05) is 5.69 Å². The van der Waals surface area contributed by atoms with Crippen LogP contribution in [0.15, 0.2) is 29.3 Å². The van der Waals surface area contributed by atoms with Crippen molar-refractivity contribution in [3.8, 4) is 5.69 Å². The summed E-state index contributed by atoms with van der Waals surface area (Å²) in [6, 6.07) is 3.15. The third kappa shape index (κ3) is 3.95. The molecule has 3 aromatic rings. The minimum atomic E-state index is -4.48. The number of fused-ring (bicyclic) bond motifs is 1. The summed E-state index contributed by atoms with van der Waals surface area (Å²) in [6.07, 6.45) is -2.11. The van der Waals surface area contributed by atoms with Crippen molar-refractivity contribution in [2.45, 2.75) is 13.1 Å². The van der Waals surface area contributed by atoms with Gasteiger partial charge in [0.1, 0.15) is 17.9 Å². The standard InChI is InChI=1S/C17H15F3N6O3/c1-8-3-4-9(5-22-8)26-14-13(12(21)11(15(26)27)16(28)29-2)23-6-10(25-14)24-7-17(18,19)20/h3-6H,7,21H2,1-2H3,(H,24,25). The van der Waals surface area contributed by atoms with Gasteiger partial charge >= 0.3 is 12.1 Å². The van der Waals surface area contributed by atoms with Crippen LogP contribution in [0.1, 0.15) is 16.1 Å². The van der Waals surface area contributed by atoms with Gasteiger partial charge in [-0.3, -0.25) is 14.3 Å². The molecule has 0 unspecified atom stereocenters. The number of pyridine rings is 2. The number of alkyl halides is 3. The highest BCUT2D eigenvalue weighted by Gasteiger charge is 2.28. The minimum absolute atomic E-state index is 0.0527. The molecule has 0 spiro atoms. The molecule has 0 amide bonds. The van der Waals surface area contributed by atoms with Gasteiger partial charge in [0.2, 0.25) is 0 Å². The first-order valence-corrected chi connectivity index (χ1v) is 8.15. The molecule has 0 aromatic carbocycles. The first-order valence-electron chi connectivity index (χ1n) is 8.15.